The van der Waals surface area contributed by atoms with Crippen LogP contribution in [0, 0.1) is 0 Å². The van der Waals surface area contributed by atoms with Crippen LogP contribution in [0.5, 0.6) is 0 Å². The molecule has 1 atom stereocenters. The topological polar surface area (TPSA) is 83.5 Å². The van der Waals surface area contributed by atoms with Gasteiger partial charge in [0.25, 0.3) is 0 Å². The fourth-order valence-corrected chi connectivity index (χ4v) is 3.78. The average molecular weight is 297 g/mol. The van der Waals surface area contributed by atoms with Crippen molar-refractivity contribution in [2.75, 3.05) is 0 Å². The second kappa shape index (κ2) is 5.93. The third kappa shape index (κ3) is 3.37. The van der Waals surface area contributed by atoms with E-state index in [1.54, 1.807) is 18.2 Å². The minimum Gasteiger partial charge on any atom is -0.481 e. The number of carboxylic acid groups (broad SMARTS) is 1. The quantitative estimate of drug-likeness (QED) is 0.807. The molecule has 1 saturated carbocycles. The minimum absolute atomic E-state index is 0.00232. The van der Waals surface area contributed by atoms with E-state index < -0.39 is 21.9 Å². The van der Waals surface area contributed by atoms with Crippen LogP contribution < -0.4 is 4.72 Å². The Balaban J connectivity index is 2.40. The van der Waals surface area contributed by atoms with Gasteiger partial charge in [0.15, 0.2) is 0 Å². The molecule has 6 heteroatoms. The molecular weight excluding hydrogens is 278 g/mol. The van der Waals surface area contributed by atoms with Gasteiger partial charge in [0.2, 0.25) is 10.0 Å². The zero-order chi connectivity index (χ0) is 14.8. The van der Waals surface area contributed by atoms with E-state index in [4.69, 9.17) is 0 Å². The van der Waals surface area contributed by atoms with Gasteiger partial charge in [0.1, 0.15) is 0 Å². The molecule has 2 N–H and O–H groups in total. The summed E-state index contributed by atoms with van der Waals surface area (Å²) in [6, 6.07) is 6.37. The van der Waals surface area contributed by atoms with E-state index in [9.17, 15) is 18.3 Å². The Morgan fingerprint density at radius 3 is 2.60 bits per heavy atom. The highest BCUT2D eigenvalue weighted by molar-refractivity contribution is 7.89. The summed E-state index contributed by atoms with van der Waals surface area (Å²) >= 11 is 0. The molecule has 0 bridgehead atoms. The number of hydrogen-bond donors (Lipinski definition) is 2. The SMILES string of the molecule is CCCC(C(=O)O)c1ccccc1S(=O)(=O)NC1CC1. The number of carbonyl (C=O) groups is 1. The number of rotatable bonds is 7. The normalized spacial score (nSPS) is 16.9. The van der Waals surface area contributed by atoms with Crippen LogP contribution >= 0.6 is 0 Å². The summed E-state index contributed by atoms with van der Waals surface area (Å²) < 4.78 is 27.3. The molecule has 20 heavy (non-hydrogen) atoms. The third-order valence-electron chi connectivity index (χ3n) is 3.36. The van der Waals surface area contributed by atoms with Crippen LogP contribution in [-0.2, 0) is 14.8 Å². The van der Waals surface area contributed by atoms with E-state index in [0.29, 0.717) is 18.4 Å². The Hall–Kier alpha value is -1.40. The summed E-state index contributed by atoms with van der Waals surface area (Å²) in [4.78, 5) is 11.5. The number of aliphatic carboxylic acids is 1. The van der Waals surface area contributed by atoms with E-state index in [1.807, 2.05) is 6.92 Å². The lowest BCUT2D eigenvalue weighted by molar-refractivity contribution is -0.139. The Labute approximate surface area is 119 Å². The maximum Gasteiger partial charge on any atom is 0.311 e. The summed E-state index contributed by atoms with van der Waals surface area (Å²) in [6.45, 7) is 1.88. The molecule has 0 heterocycles. The van der Waals surface area contributed by atoms with Crippen molar-refractivity contribution in [3.63, 3.8) is 0 Å². The fraction of sp³-hybridized carbons (Fsp3) is 0.500. The highest BCUT2D eigenvalue weighted by Crippen LogP contribution is 2.29. The predicted octanol–water partition coefficient (Wildman–Crippen LogP) is 2.10. The van der Waals surface area contributed by atoms with Crippen molar-refractivity contribution >= 4 is 16.0 Å². The van der Waals surface area contributed by atoms with Crippen molar-refractivity contribution in [3.8, 4) is 0 Å². The molecular formula is C14H19NO4S. The number of benzene rings is 1. The van der Waals surface area contributed by atoms with Crippen molar-refractivity contribution in [2.45, 2.75) is 49.5 Å². The zero-order valence-electron chi connectivity index (χ0n) is 11.4. The number of carboxylic acids is 1. The molecule has 0 aliphatic heterocycles. The van der Waals surface area contributed by atoms with Gasteiger partial charge >= 0.3 is 5.97 Å². The van der Waals surface area contributed by atoms with Gasteiger partial charge in [-0.2, -0.15) is 0 Å². The van der Waals surface area contributed by atoms with Gasteiger partial charge in [0.05, 0.1) is 10.8 Å². The average Bonchev–Trinajstić information content (AvgIpc) is 3.19. The molecule has 0 amide bonds. The first-order chi connectivity index (χ1) is 9.45. The number of sulfonamides is 1. The summed E-state index contributed by atoms with van der Waals surface area (Å²) in [7, 11) is -3.64. The Morgan fingerprint density at radius 2 is 2.05 bits per heavy atom. The van der Waals surface area contributed by atoms with Crippen molar-refractivity contribution in [1.29, 1.82) is 0 Å². The first-order valence-electron chi connectivity index (χ1n) is 6.79. The molecule has 2 rings (SSSR count). The Bertz CT molecular complexity index is 593. The zero-order valence-corrected chi connectivity index (χ0v) is 12.2. The highest BCUT2D eigenvalue weighted by Gasteiger charge is 2.31. The van der Waals surface area contributed by atoms with Gasteiger partial charge in [-0.3, -0.25) is 4.79 Å². The first kappa shape index (κ1) is 15.0. The summed E-state index contributed by atoms with van der Waals surface area (Å²) in [6.07, 6.45) is 2.80. The Morgan fingerprint density at radius 1 is 1.40 bits per heavy atom. The molecule has 0 saturated heterocycles. The molecule has 110 valence electrons. The van der Waals surface area contributed by atoms with Crippen molar-refractivity contribution < 1.29 is 18.3 Å². The largest absolute Gasteiger partial charge is 0.481 e. The molecule has 1 fully saturated rings. The second-order valence-electron chi connectivity index (χ2n) is 5.11. The molecule has 0 aromatic heterocycles. The maximum atomic E-state index is 12.3. The van der Waals surface area contributed by atoms with Crippen LogP contribution in [0.15, 0.2) is 29.2 Å². The smallest absolute Gasteiger partial charge is 0.311 e. The standard InChI is InChI=1S/C14H19NO4S/c1-2-5-12(14(16)17)11-6-3-4-7-13(11)20(18,19)15-10-8-9-10/h3-4,6-7,10,12,15H,2,5,8-9H2,1H3,(H,16,17). The lowest BCUT2D eigenvalue weighted by atomic mass is 9.95. The first-order valence-corrected chi connectivity index (χ1v) is 8.28. The molecule has 1 aliphatic rings. The maximum absolute atomic E-state index is 12.3. The summed E-state index contributed by atoms with van der Waals surface area (Å²) in [5.41, 5.74) is 0.370. The second-order valence-corrected chi connectivity index (χ2v) is 6.80. The molecule has 0 radical (unpaired) electrons. The fourth-order valence-electron chi connectivity index (χ4n) is 2.20. The molecule has 1 unspecified atom stereocenters. The summed E-state index contributed by atoms with van der Waals surface area (Å²) in [5, 5.41) is 9.33. The van der Waals surface area contributed by atoms with E-state index >= 15 is 0 Å². The molecule has 1 aromatic carbocycles. The van der Waals surface area contributed by atoms with E-state index in [2.05, 4.69) is 4.72 Å². The van der Waals surface area contributed by atoms with Gasteiger partial charge in [-0.15, -0.1) is 0 Å². The van der Waals surface area contributed by atoms with Gasteiger partial charge < -0.3 is 5.11 Å². The molecule has 1 aromatic rings. The third-order valence-corrected chi connectivity index (χ3v) is 4.95. The van der Waals surface area contributed by atoms with Gasteiger partial charge in [-0.05, 0) is 30.9 Å². The van der Waals surface area contributed by atoms with Gasteiger partial charge in [0, 0.05) is 6.04 Å². The lowest BCUT2D eigenvalue weighted by Crippen LogP contribution is -2.27. The van der Waals surface area contributed by atoms with E-state index in [1.165, 1.54) is 6.07 Å². The van der Waals surface area contributed by atoms with Crippen LogP contribution in [0.4, 0.5) is 0 Å². The molecule has 5 nitrogen and oxygen atoms in total. The van der Waals surface area contributed by atoms with Gasteiger partial charge in [-0.1, -0.05) is 31.5 Å². The number of hydrogen-bond acceptors (Lipinski definition) is 3. The molecule has 1 aliphatic carbocycles. The molecule has 0 spiro atoms. The van der Waals surface area contributed by atoms with Crippen LogP contribution in [0.1, 0.15) is 44.1 Å². The van der Waals surface area contributed by atoms with Crippen molar-refractivity contribution in [2.24, 2.45) is 0 Å². The van der Waals surface area contributed by atoms with E-state index in [-0.39, 0.29) is 10.9 Å². The van der Waals surface area contributed by atoms with Gasteiger partial charge in [-0.25, -0.2) is 13.1 Å². The van der Waals surface area contributed by atoms with Crippen LogP contribution in [-0.4, -0.2) is 25.5 Å². The predicted molar refractivity (Wildman–Crippen MR) is 75.1 cm³/mol. The van der Waals surface area contributed by atoms with Crippen LogP contribution in [0.3, 0.4) is 0 Å². The highest BCUT2D eigenvalue weighted by atomic mass is 32.2. The monoisotopic (exact) mass is 297 g/mol. The van der Waals surface area contributed by atoms with Crippen LogP contribution in [0.25, 0.3) is 0 Å². The van der Waals surface area contributed by atoms with Crippen LogP contribution in [0.2, 0.25) is 0 Å². The van der Waals surface area contributed by atoms with Crippen molar-refractivity contribution in [1.82, 2.24) is 4.72 Å². The van der Waals surface area contributed by atoms with E-state index in [0.717, 1.165) is 12.8 Å². The lowest BCUT2D eigenvalue weighted by Gasteiger charge is -2.16. The minimum atomic E-state index is -3.64. The Kier molecular flexibility index (Phi) is 4.45. The summed E-state index contributed by atoms with van der Waals surface area (Å²) in [5.74, 6) is -1.77. The van der Waals surface area contributed by atoms with Crippen molar-refractivity contribution in [3.05, 3.63) is 29.8 Å². The number of nitrogens with one attached hydrogen (secondary N) is 1.